The first kappa shape index (κ1) is 20.8. The van der Waals surface area contributed by atoms with Crippen LogP contribution in [0.3, 0.4) is 0 Å². The SMILES string of the molecule is OCC(CO)(CO)COCC(CO)(C(O)S)C(O)(S)S. The minimum atomic E-state index is -2.09. The van der Waals surface area contributed by atoms with Crippen LogP contribution < -0.4 is 0 Å². The lowest BCUT2D eigenvalue weighted by atomic mass is 9.90. The lowest BCUT2D eigenvalue weighted by molar-refractivity contribution is -0.121. The molecule has 7 nitrogen and oxygen atoms in total. The molecule has 0 aliphatic heterocycles. The van der Waals surface area contributed by atoms with Gasteiger partial charge in [0.05, 0.1) is 50.5 Å². The van der Waals surface area contributed by atoms with Crippen LogP contribution in [0.15, 0.2) is 0 Å². The Bertz CT molecular complexity index is 272. The van der Waals surface area contributed by atoms with Crippen LogP contribution in [0.2, 0.25) is 0 Å². The van der Waals surface area contributed by atoms with Crippen molar-refractivity contribution in [3.05, 3.63) is 0 Å². The van der Waals surface area contributed by atoms with Crippen molar-refractivity contribution in [1.82, 2.24) is 0 Å². The Balaban J connectivity index is 4.89. The molecule has 0 spiro atoms. The summed E-state index contributed by atoms with van der Waals surface area (Å²) < 4.78 is 3.12. The van der Waals surface area contributed by atoms with E-state index >= 15 is 0 Å². The van der Waals surface area contributed by atoms with Crippen molar-refractivity contribution in [2.45, 2.75) is 9.70 Å². The second kappa shape index (κ2) is 8.42. The van der Waals surface area contributed by atoms with Gasteiger partial charge in [-0.2, -0.15) is 0 Å². The third kappa shape index (κ3) is 4.63. The molecule has 6 N–H and O–H groups in total. The van der Waals surface area contributed by atoms with Crippen LogP contribution in [-0.2, 0) is 4.74 Å². The van der Waals surface area contributed by atoms with Crippen LogP contribution in [0.4, 0.5) is 0 Å². The highest BCUT2D eigenvalue weighted by Crippen LogP contribution is 2.42. The summed E-state index contributed by atoms with van der Waals surface area (Å²) >= 11 is 11.4. The van der Waals surface area contributed by atoms with Crippen LogP contribution in [-0.4, -0.2) is 80.0 Å². The van der Waals surface area contributed by atoms with E-state index in [4.69, 9.17) is 20.1 Å². The highest BCUT2D eigenvalue weighted by atomic mass is 32.2. The van der Waals surface area contributed by atoms with Gasteiger partial charge in [0.1, 0.15) is 5.44 Å². The quantitative estimate of drug-likeness (QED) is 0.160. The maximum atomic E-state index is 9.83. The molecule has 0 radical (unpaired) electrons. The predicted molar refractivity (Wildman–Crippen MR) is 81.9 cm³/mol. The average molecular weight is 350 g/mol. The normalized spacial score (nSPS) is 17.9. The monoisotopic (exact) mass is 350 g/mol. The Hall–Kier alpha value is 0.770. The van der Waals surface area contributed by atoms with Gasteiger partial charge < -0.3 is 35.4 Å². The number of ether oxygens (including phenoxy) is 1. The molecule has 0 bridgehead atoms. The van der Waals surface area contributed by atoms with Gasteiger partial charge in [-0.15, -0.1) is 37.9 Å². The van der Waals surface area contributed by atoms with Crippen LogP contribution in [0, 0.1) is 10.8 Å². The van der Waals surface area contributed by atoms with E-state index in [-0.39, 0.29) is 6.61 Å². The average Bonchev–Trinajstić information content (AvgIpc) is 2.38. The Kier molecular flexibility index (Phi) is 8.74. The van der Waals surface area contributed by atoms with Gasteiger partial charge in [0.25, 0.3) is 0 Å². The Morgan fingerprint density at radius 1 is 0.900 bits per heavy atom. The smallest absolute Gasteiger partial charge is 0.165 e. The zero-order valence-corrected chi connectivity index (χ0v) is 13.4. The van der Waals surface area contributed by atoms with E-state index in [1.165, 1.54) is 0 Å². The zero-order valence-electron chi connectivity index (χ0n) is 10.8. The van der Waals surface area contributed by atoms with Gasteiger partial charge in [0, 0.05) is 0 Å². The molecule has 0 aliphatic carbocycles. The molecule has 0 saturated heterocycles. The summed E-state index contributed by atoms with van der Waals surface area (Å²) in [4.78, 5) is 0. The highest BCUT2D eigenvalue weighted by Gasteiger charge is 2.51. The Morgan fingerprint density at radius 2 is 1.35 bits per heavy atom. The summed E-state index contributed by atoms with van der Waals surface area (Å²) in [5.41, 5.74) is -4.48. The topological polar surface area (TPSA) is 131 Å². The van der Waals surface area contributed by atoms with Crippen molar-refractivity contribution in [2.75, 3.05) is 39.6 Å². The number of rotatable bonds is 10. The molecule has 0 aliphatic rings. The van der Waals surface area contributed by atoms with E-state index < -0.39 is 53.6 Å². The van der Waals surface area contributed by atoms with Gasteiger partial charge in [-0.25, -0.2) is 0 Å². The first-order chi connectivity index (χ1) is 9.14. The van der Waals surface area contributed by atoms with E-state index in [0.717, 1.165) is 0 Å². The number of aliphatic hydroxyl groups is 6. The Morgan fingerprint density at radius 3 is 1.60 bits per heavy atom. The molecular formula is C10H22O7S3. The molecule has 10 heteroatoms. The van der Waals surface area contributed by atoms with Crippen LogP contribution in [0.1, 0.15) is 0 Å². The van der Waals surface area contributed by atoms with Crippen molar-refractivity contribution in [3.8, 4) is 0 Å². The van der Waals surface area contributed by atoms with Crippen molar-refractivity contribution < 1.29 is 35.4 Å². The summed E-state index contributed by atoms with van der Waals surface area (Å²) in [7, 11) is 0. The van der Waals surface area contributed by atoms with Crippen LogP contribution >= 0.6 is 37.9 Å². The second-order valence-corrected chi connectivity index (χ2v) is 6.93. The van der Waals surface area contributed by atoms with Crippen LogP contribution in [0.5, 0.6) is 0 Å². The van der Waals surface area contributed by atoms with Gasteiger partial charge in [-0.3, -0.25) is 0 Å². The maximum Gasteiger partial charge on any atom is 0.165 e. The van der Waals surface area contributed by atoms with Gasteiger partial charge in [-0.05, 0) is 0 Å². The molecule has 0 saturated carbocycles. The summed E-state index contributed by atoms with van der Waals surface area (Å²) in [5.74, 6) is 0. The molecule has 0 aromatic heterocycles. The predicted octanol–water partition coefficient (Wildman–Crippen LogP) is -2.30. The van der Waals surface area contributed by atoms with Crippen molar-refractivity contribution in [2.24, 2.45) is 10.8 Å². The number of hydrogen-bond acceptors (Lipinski definition) is 10. The first-order valence-electron chi connectivity index (χ1n) is 5.69. The fraction of sp³-hybridized carbons (Fsp3) is 1.00. The summed E-state index contributed by atoms with van der Waals surface area (Å²) in [6, 6.07) is 0. The van der Waals surface area contributed by atoms with Crippen LogP contribution in [0.25, 0.3) is 0 Å². The minimum absolute atomic E-state index is 0.267. The number of thiol groups is 3. The molecule has 0 heterocycles. The molecule has 2 atom stereocenters. The van der Waals surface area contributed by atoms with Crippen molar-refractivity contribution in [3.63, 3.8) is 0 Å². The second-order valence-electron chi connectivity index (χ2n) is 4.79. The Labute approximate surface area is 133 Å². The van der Waals surface area contributed by atoms with Gasteiger partial charge in [0.15, 0.2) is 4.27 Å². The first-order valence-corrected chi connectivity index (χ1v) is 7.10. The van der Waals surface area contributed by atoms with E-state index in [2.05, 4.69) is 37.9 Å². The lowest BCUT2D eigenvalue weighted by Gasteiger charge is -2.42. The molecule has 2 unspecified atom stereocenters. The largest absolute Gasteiger partial charge is 0.396 e. The number of hydrogen-bond donors (Lipinski definition) is 9. The van der Waals surface area contributed by atoms with E-state index in [1.54, 1.807) is 0 Å². The molecular weight excluding hydrogens is 328 g/mol. The fourth-order valence-corrected chi connectivity index (χ4v) is 2.38. The molecule has 0 amide bonds. The van der Waals surface area contributed by atoms with E-state index in [0.29, 0.717) is 0 Å². The summed E-state index contributed by atoms with van der Waals surface area (Å²) in [5, 5.41) is 56.3. The summed E-state index contributed by atoms with van der Waals surface area (Å²) in [6.07, 6.45) is 0. The van der Waals surface area contributed by atoms with E-state index in [9.17, 15) is 15.3 Å². The third-order valence-corrected chi connectivity index (χ3v) is 4.60. The molecule has 0 rings (SSSR count). The van der Waals surface area contributed by atoms with E-state index in [1.807, 2.05) is 0 Å². The fourth-order valence-electron chi connectivity index (χ4n) is 1.31. The van der Waals surface area contributed by atoms with Crippen molar-refractivity contribution >= 4 is 37.9 Å². The third-order valence-electron chi connectivity index (χ3n) is 3.22. The van der Waals surface area contributed by atoms with Gasteiger partial charge in [0.2, 0.25) is 0 Å². The molecule has 0 aromatic rings. The molecule has 0 aromatic carbocycles. The van der Waals surface area contributed by atoms with Gasteiger partial charge in [-0.1, -0.05) is 0 Å². The zero-order chi connectivity index (χ0) is 16.0. The van der Waals surface area contributed by atoms with Crippen molar-refractivity contribution in [1.29, 1.82) is 0 Å². The molecule has 0 fully saturated rings. The maximum absolute atomic E-state index is 9.83. The molecule has 20 heavy (non-hydrogen) atoms. The highest BCUT2D eigenvalue weighted by molar-refractivity contribution is 8.00. The standard InChI is InChI=1S/C10H22O7S3/c11-1-8(2-12,3-13)5-17-6-9(4-14,7(15)18)10(16,19)20/h7,11-16,18-20H,1-6H2. The van der Waals surface area contributed by atoms with Gasteiger partial charge >= 0.3 is 0 Å². The lowest BCUT2D eigenvalue weighted by Crippen LogP contribution is -2.53. The minimum Gasteiger partial charge on any atom is -0.396 e. The number of aliphatic hydroxyl groups excluding tert-OH is 5. The molecule has 122 valence electrons. The summed E-state index contributed by atoms with van der Waals surface area (Å²) in [6.45, 7) is -2.99.